The number of amidine groups is 1. The van der Waals surface area contributed by atoms with Crippen molar-refractivity contribution < 1.29 is 0 Å². The highest BCUT2D eigenvalue weighted by Gasteiger charge is 2.07. The third-order valence-electron chi connectivity index (χ3n) is 1.59. The van der Waals surface area contributed by atoms with E-state index in [-0.39, 0.29) is 0 Å². The van der Waals surface area contributed by atoms with Crippen molar-refractivity contribution in [2.45, 2.75) is 13.8 Å². The minimum atomic E-state index is 0.670. The van der Waals surface area contributed by atoms with Crippen molar-refractivity contribution in [2.75, 3.05) is 13.1 Å². The zero-order chi connectivity index (χ0) is 10.4. The number of nitrogens with zero attached hydrogens (tertiary/aromatic N) is 2. The van der Waals surface area contributed by atoms with E-state index < -0.39 is 0 Å². The number of allylic oxidation sites excluding steroid dienone is 1. The summed E-state index contributed by atoms with van der Waals surface area (Å²) in [6.45, 7) is 9.17. The fraction of sp³-hybridized carbons (Fsp3) is 0.444. The molecule has 5 nitrogen and oxygen atoms in total. The van der Waals surface area contributed by atoms with Gasteiger partial charge in [-0.3, -0.25) is 5.43 Å². The van der Waals surface area contributed by atoms with E-state index in [1.54, 1.807) is 11.3 Å². The molecule has 1 rings (SSSR count). The minimum absolute atomic E-state index is 0.670. The summed E-state index contributed by atoms with van der Waals surface area (Å²) in [4.78, 5) is 0. The van der Waals surface area contributed by atoms with Crippen LogP contribution >= 0.6 is 0 Å². The molecule has 0 unspecified atom stereocenters. The molecule has 0 aromatic carbocycles. The minimum Gasteiger partial charge on any atom is -0.369 e. The Balaban J connectivity index is 2.55. The molecule has 3 N–H and O–H groups in total. The van der Waals surface area contributed by atoms with Crippen molar-refractivity contribution in [3.63, 3.8) is 0 Å². The Bertz CT molecular complexity index is 256. The molecule has 1 aliphatic heterocycles. The smallest absolute Gasteiger partial charge is 0.151 e. The first-order chi connectivity index (χ1) is 6.76. The maximum Gasteiger partial charge on any atom is 0.151 e. The maximum atomic E-state index is 4.25. The van der Waals surface area contributed by atoms with E-state index in [1.807, 2.05) is 19.9 Å². The standard InChI is InChI=1S/C9H17N5/c1-4-6-11-14-12-8(3)7-9(13-14)10-5-2/h4,7,11-12H,1,5-6H2,2-3H3,(H,10,13). The van der Waals surface area contributed by atoms with Gasteiger partial charge in [-0.15, -0.1) is 16.9 Å². The predicted octanol–water partition coefficient (Wildman–Crippen LogP) is 0.324. The van der Waals surface area contributed by atoms with Crippen LogP contribution in [0.4, 0.5) is 0 Å². The van der Waals surface area contributed by atoms with Crippen LogP contribution in [0.1, 0.15) is 13.8 Å². The topological polar surface area (TPSA) is 51.7 Å². The van der Waals surface area contributed by atoms with Crippen molar-refractivity contribution in [1.29, 1.82) is 0 Å². The molecule has 1 heterocycles. The first-order valence-corrected chi connectivity index (χ1v) is 4.68. The summed E-state index contributed by atoms with van der Waals surface area (Å²) in [6.07, 6.45) is 3.73. The molecule has 0 saturated heterocycles. The van der Waals surface area contributed by atoms with Gasteiger partial charge in [-0.1, -0.05) is 6.08 Å². The van der Waals surface area contributed by atoms with Gasteiger partial charge >= 0.3 is 0 Å². The monoisotopic (exact) mass is 195 g/mol. The zero-order valence-electron chi connectivity index (χ0n) is 8.67. The Hall–Kier alpha value is -1.49. The van der Waals surface area contributed by atoms with Crippen LogP contribution in [-0.2, 0) is 0 Å². The fourth-order valence-corrected chi connectivity index (χ4v) is 1.06. The second-order valence-corrected chi connectivity index (χ2v) is 2.92. The molecule has 0 aromatic rings. The largest absolute Gasteiger partial charge is 0.369 e. The summed E-state index contributed by atoms with van der Waals surface area (Å²) in [7, 11) is 0. The van der Waals surface area contributed by atoms with Gasteiger partial charge in [-0.25, -0.2) is 0 Å². The third-order valence-corrected chi connectivity index (χ3v) is 1.59. The number of hydrogen-bond acceptors (Lipinski definition) is 5. The highest BCUT2D eigenvalue weighted by Crippen LogP contribution is 1.97. The summed E-state index contributed by atoms with van der Waals surface area (Å²) in [5, 5.41) is 8.98. The number of nitrogens with one attached hydrogen (secondary N) is 3. The molecule has 0 aliphatic carbocycles. The lowest BCUT2D eigenvalue weighted by Gasteiger charge is -2.25. The molecule has 0 amide bonds. The van der Waals surface area contributed by atoms with Crippen LogP contribution in [-0.4, -0.2) is 24.2 Å². The molecule has 0 radical (unpaired) electrons. The van der Waals surface area contributed by atoms with Gasteiger partial charge in [-0.2, -0.15) is 5.43 Å². The zero-order valence-corrected chi connectivity index (χ0v) is 8.67. The van der Waals surface area contributed by atoms with Gasteiger partial charge in [0, 0.05) is 24.9 Å². The molecule has 5 heteroatoms. The molecular weight excluding hydrogens is 178 g/mol. The van der Waals surface area contributed by atoms with Gasteiger partial charge in [0.1, 0.15) is 0 Å². The van der Waals surface area contributed by atoms with Crippen molar-refractivity contribution in [3.8, 4) is 0 Å². The van der Waals surface area contributed by atoms with E-state index in [0.29, 0.717) is 6.54 Å². The van der Waals surface area contributed by atoms with Gasteiger partial charge in [0.05, 0.1) is 0 Å². The number of hydrazine groups is 2. The number of likely N-dealkylation sites (N-methyl/N-ethyl adjacent to an activating group) is 1. The molecular formula is C9H17N5. The molecule has 1 aliphatic rings. The number of hydrogen-bond donors (Lipinski definition) is 3. The lowest BCUT2D eigenvalue weighted by Crippen LogP contribution is -2.47. The lowest BCUT2D eigenvalue weighted by molar-refractivity contribution is 0.144. The summed E-state index contributed by atoms with van der Waals surface area (Å²) >= 11 is 0. The Kier molecular flexibility index (Phi) is 4.00. The molecule has 0 fully saturated rings. The van der Waals surface area contributed by atoms with E-state index in [1.165, 1.54) is 0 Å². The van der Waals surface area contributed by atoms with Gasteiger partial charge in [0.2, 0.25) is 0 Å². The molecule has 0 bridgehead atoms. The fourth-order valence-electron chi connectivity index (χ4n) is 1.06. The van der Waals surface area contributed by atoms with E-state index in [4.69, 9.17) is 0 Å². The second-order valence-electron chi connectivity index (χ2n) is 2.92. The summed E-state index contributed by atoms with van der Waals surface area (Å²) in [6, 6.07) is 0. The van der Waals surface area contributed by atoms with Gasteiger partial charge < -0.3 is 5.32 Å². The SMILES string of the molecule is C=CCNN1N=C(NCC)C=C(C)N1. The van der Waals surface area contributed by atoms with Crippen molar-refractivity contribution >= 4 is 5.84 Å². The highest BCUT2D eigenvalue weighted by molar-refractivity contribution is 5.93. The van der Waals surface area contributed by atoms with Crippen molar-refractivity contribution in [1.82, 2.24) is 21.4 Å². The highest BCUT2D eigenvalue weighted by atomic mass is 15.9. The van der Waals surface area contributed by atoms with Crippen LogP contribution in [0.25, 0.3) is 0 Å². The molecule has 0 spiro atoms. The predicted molar refractivity (Wildman–Crippen MR) is 58.0 cm³/mol. The molecule has 78 valence electrons. The average molecular weight is 195 g/mol. The molecule has 14 heavy (non-hydrogen) atoms. The van der Waals surface area contributed by atoms with E-state index >= 15 is 0 Å². The molecule has 0 aromatic heterocycles. The molecule has 0 atom stereocenters. The van der Waals surface area contributed by atoms with E-state index in [0.717, 1.165) is 18.1 Å². The summed E-state index contributed by atoms with van der Waals surface area (Å²) in [5.74, 6) is 0.848. The van der Waals surface area contributed by atoms with Crippen LogP contribution < -0.4 is 16.2 Å². The lowest BCUT2D eigenvalue weighted by atomic mass is 10.4. The quantitative estimate of drug-likeness (QED) is 0.566. The first kappa shape index (κ1) is 10.6. The number of rotatable bonds is 4. The van der Waals surface area contributed by atoms with Gasteiger partial charge in [0.25, 0.3) is 0 Å². The van der Waals surface area contributed by atoms with Crippen LogP contribution in [0.3, 0.4) is 0 Å². The summed E-state index contributed by atoms with van der Waals surface area (Å²) < 4.78 is 0. The third kappa shape index (κ3) is 3.10. The van der Waals surface area contributed by atoms with Crippen molar-refractivity contribution in [2.24, 2.45) is 5.10 Å². The second kappa shape index (κ2) is 5.29. The normalized spacial score (nSPS) is 15.4. The van der Waals surface area contributed by atoms with Crippen LogP contribution in [0.2, 0.25) is 0 Å². The average Bonchev–Trinajstić information content (AvgIpc) is 2.14. The Morgan fingerprint density at radius 2 is 2.50 bits per heavy atom. The Morgan fingerprint density at radius 3 is 3.14 bits per heavy atom. The Morgan fingerprint density at radius 1 is 1.71 bits per heavy atom. The van der Waals surface area contributed by atoms with Crippen LogP contribution in [0.15, 0.2) is 29.5 Å². The van der Waals surface area contributed by atoms with Crippen molar-refractivity contribution in [3.05, 3.63) is 24.4 Å². The van der Waals surface area contributed by atoms with Crippen LogP contribution in [0, 0.1) is 0 Å². The van der Waals surface area contributed by atoms with Gasteiger partial charge in [-0.05, 0) is 13.8 Å². The first-order valence-electron chi connectivity index (χ1n) is 4.68. The van der Waals surface area contributed by atoms with Gasteiger partial charge in [0.15, 0.2) is 5.84 Å². The van der Waals surface area contributed by atoms with E-state index in [2.05, 4.69) is 27.8 Å². The molecule has 0 saturated carbocycles. The van der Waals surface area contributed by atoms with E-state index in [9.17, 15) is 0 Å². The number of hydrazone groups is 1. The summed E-state index contributed by atoms with van der Waals surface area (Å²) in [5.41, 5.74) is 7.11. The maximum absolute atomic E-state index is 4.25. The Labute approximate surface area is 84.5 Å². The van der Waals surface area contributed by atoms with Crippen LogP contribution in [0.5, 0.6) is 0 Å².